The molecule has 0 saturated carbocycles. The topological polar surface area (TPSA) is 80.2 Å². The Bertz CT molecular complexity index is 876. The smallest absolute Gasteiger partial charge is 0.304 e. The maximum Gasteiger partial charge on any atom is 0.417 e. The van der Waals surface area contributed by atoms with E-state index < -0.39 is 40.7 Å². The van der Waals surface area contributed by atoms with Crippen LogP contribution in [0, 0.1) is 6.92 Å². The summed E-state index contributed by atoms with van der Waals surface area (Å²) in [6, 6.07) is 3.75. The molecular formula is C14H11ClF3N3O3S. The largest absolute Gasteiger partial charge is 0.417 e. The Balaban J connectivity index is 2.06. The highest BCUT2D eigenvalue weighted by Crippen LogP contribution is 2.29. The van der Waals surface area contributed by atoms with Crippen molar-refractivity contribution in [2.45, 2.75) is 19.6 Å². The highest BCUT2D eigenvalue weighted by atomic mass is 35.5. The zero-order valence-electron chi connectivity index (χ0n) is 12.6. The van der Waals surface area contributed by atoms with Crippen molar-refractivity contribution in [3.8, 4) is 0 Å². The van der Waals surface area contributed by atoms with E-state index in [1.54, 1.807) is 19.1 Å². The van der Waals surface area contributed by atoms with E-state index in [-0.39, 0.29) is 0 Å². The molecule has 0 aliphatic carbocycles. The van der Waals surface area contributed by atoms with Gasteiger partial charge in [0.1, 0.15) is 11.6 Å². The van der Waals surface area contributed by atoms with Crippen molar-refractivity contribution in [2.75, 3.05) is 0 Å². The van der Waals surface area contributed by atoms with Gasteiger partial charge in [0.2, 0.25) is 0 Å². The molecule has 0 bridgehead atoms. The van der Waals surface area contributed by atoms with Gasteiger partial charge in [0.15, 0.2) is 0 Å². The lowest BCUT2D eigenvalue weighted by Crippen LogP contribution is -2.44. The van der Waals surface area contributed by atoms with Crippen LogP contribution in [0.4, 0.5) is 13.2 Å². The lowest BCUT2D eigenvalue weighted by molar-refractivity contribution is -0.138. The number of carbonyl (C=O) groups is 2. The predicted octanol–water partition coefficient (Wildman–Crippen LogP) is 2.35. The molecule has 2 N–H and O–H groups in total. The van der Waals surface area contributed by atoms with Gasteiger partial charge in [-0.05, 0) is 25.1 Å². The number of pyridine rings is 1. The van der Waals surface area contributed by atoms with Crippen LogP contribution < -0.4 is 16.4 Å². The monoisotopic (exact) mass is 393 g/mol. The second-order valence-corrected chi connectivity index (χ2v) is 6.62. The average molecular weight is 394 g/mol. The number of thiophene rings is 1. The third-order valence-electron chi connectivity index (χ3n) is 2.96. The van der Waals surface area contributed by atoms with Crippen LogP contribution in [0.3, 0.4) is 0 Å². The van der Waals surface area contributed by atoms with Gasteiger partial charge in [-0.1, -0.05) is 11.6 Å². The molecule has 6 nitrogen and oxygen atoms in total. The van der Waals surface area contributed by atoms with Crippen LogP contribution in [0.15, 0.2) is 29.2 Å². The summed E-state index contributed by atoms with van der Waals surface area (Å²) in [7, 11) is 0. The fourth-order valence-electron chi connectivity index (χ4n) is 1.81. The number of rotatable bonds is 3. The Labute approximate surface area is 148 Å². The van der Waals surface area contributed by atoms with Crippen LogP contribution in [-0.2, 0) is 17.5 Å². The number of aryl methyl sites for hydroxylation is 1. The molecule has 25 heavy (non-hydrogen) atoms. The van der Waals surface area contributed by atoms with E-state index in [1.807, 2.05) is 5.43 Å². The standard InChI is InChI=1S/C14H11ClF3N3O3S/c1-7-2-3-10(25-7)12(23)20-19-11(22)6-21-5-8(14(16,17)18)4-9(15)13(21)24/h2-5H,6H2,1H3,(H,19,22)(H,20,23). The number of halogens is 4. The van der Waals surface area contributed by atoms with E-state index in [0.29, 0.717) is 21.7 Å². The quantitative estimate of drug-likeness (QED) is 0.785. The molecule has 0 aromatic carbocycles. The molecule has 0 aliphatic rings. The molecule has 0 fully saturated rings. The van der Waals surface area contributed by atoms with Gasteiger partial charge in [-0.25, -0.2) is 0 Å². The van der Waals surface area contributed by atoms with Gasteiger partial charge in [-0.2, -0.15) is 13.2 Å². The number of alkyl halides is 3. The minimum Gasteiger partial charge on any atom is -0.304 e. The predicted molar refractivity (Wildman–Crippen MR) is 85.4 cm³/mol. The molecule has 0 atom stereocenters. The Morgan fingerprint density at radius 3 is 2.52 bits per heavy atom. The normalized spacial score (nSPS) is 11.2. The summed E-state index contributed by atoms with van der Waals surface area (Å²) in [6.45, 7) is 1.05. The van der Waals surface area contributed by atoms with Crippen LogP contribution in [0.1, 0.15) is 20.1 Å². The summed E-state index contributed by atoms with van der Waals surface area (Å²) in [4.78, 5) is 36.5. The molecule has 0 radical (unpaired) electrons. The van der Waals surface area contributed by atoms with Gasteiger partial charge >= 0.3 is 6.18 Å². The van der Waals surface area contributed by atoms with Gasteiger partial charge in [0.25, 0.3) is 17.4 Å². The number of hydrazine groups is 1. The van der Waals surface area contributed by atoms with Gasteiger partial charge in [0, 0.05) is 11.1 Å². The molecule has 0 spiro atoms. The third kappa shape index (κ3) is 4.83. The molecule has 0 unspecified atom stereocenters. The van der Waals surface area contributed by atoms with Crippen molar-refractivity contribution in [1.29, 1.82) is 0 Å². The number of amides is 2. The Kier molecular flexibility index (Phi) is 5.53. The first-order chi connectivity index (χ1) is 11.6. The van der Waals surface area contributed by atoms with E-state index in [0.717, 1.165) is 4.88 Å². The van der Waals surface area contributed by atoms with Crippen molar-refractivity contribution >= 4 is 34.8 Å². The van der Waals surface area contributed by atoms with Gasteiger partial charge in [0.05, 0.1) is 10.4 Å². The van der Waals surface area contributed by atoms with Crippen LogP contribution in [0.2, 0.25) is 5.02 Å². The Hall–Kier alpha value is -2.33. The van der Waals surface area contributed by atoms with Crippen LogP contribution >= 0.6 is 22.9 Å². The van der Waals surface area contributed by atoms with Crippen LogP contribution in [0.25, 0.3) is 0 Å². The zero-order chi connectivity index (χ0) is 18.8. The summed E-state index contributed by atoms with van der Waals surface area (Å²) < 4.78 is 38.7. The van der Waals surface area contributed by atoms with Gasteiger partial charge < -0.3 is 4.57 Å². The number of hydrogen-bond acceptors (Lipinski definition) is 4. The van der Waals surface area contributed by atoms with E-state index in [9.17, 15) is 27.6 Å². The maximum atomic E-state index is 12.7. The highest BCUT2D eigenvalue weighted by Gasteiger charge is 2.32. The zero-order valence-corrected chi connectivity index (χ0v) is 14.2. The number of hydrogen-bond donors (Lipinski definition) is 2. The van der Waals surface area contributed by atoms with Crippen molar-refractivity contribution in [3.63, 3.8) is 0 Å². The number of nitrogens with zero attached hydrogens (tertiary/aromatic N) is 1. The Morgan fingerprint density at radius 1 is 1.28 bits per heavy atom. The molecular weight excluding hydrogens is 383 g/mol. The maximum absolute atomic E-state index is 12.7. The Morgan fingerprint density at radius 2 is 1.96 bits per heavy atom. The first kappa shape index (κ1) is 19.0. The summed E-state index contributed by atoms with van der Waals surface area (Å²) in [5.41, 5.74) is 2.02. The van der Waals surface area contributed by atoms with Gasteiger partial charge in [-0.3, -0.25) is 25.2 Å². The van der Waals surface area contributed by atoms with Crippen molar-refractivity contribution in [3.05, 3.63) is 55.1 Å². The first-order valence-corrected chi connectivity index (χ1v) is 7.90. The molecule has 0 aliphatic heterocycles. The number of aromatic nitrogens is 1. The highest BCUT2D eigenvalue weighted by molar-refractivity contribution is 7.13. The van der Waals surface area contributed by atoms with Crippen molar-refractivity contribution in [1.82, 2.24) is 15.4 Å². The van der Waals surface area contributed by atoms with E-state index in [1.165, 1.54) is 11.3 Å². The van der Waals surface area contributed by atoms with Crippen LogP contribution in [0.5, 0.6) is 0 Å². The number of carbonyl (C=O) groups excluding carboxylic acids is 2. The SMILES string of the molecule is Cc1ccc(C(=O)NNC(=O)Cn2cc(C(F)(F)F)cc(Cl)c2=O)s1. The molecule has 2 aromatic rings. The fourth-order valence-corrected chi connectivity index (χ4v) is 2.80. The summed E-state index contributed by atoms with van der Waals surface area (Å²) in [6.07, 6.45) is -4.24. The molecule has 2 rings (SSSR count). The minimum absolute atomic E-state index is 0.345. The molecule has 0 saturated heterocycles. The van der Waals surface area contributed by atoms with E-state index >= 15 is 0 Å². The molecule has 11 heteroatoms. The molecule has 2 amide bonds. The second-order valence-electron chi connectivity index (χ2n) is 4.92. The molecule has 2 aromatic heterocycles. The van der Waals surface area contributed by atoms with E-state index in [4.69, 9.17) is 11.6 Å². The minimum atomic E-state index is -4.72. The second kappa shape index (κ2) is 7.28. The van der Waals surface area contributed by atoms with E-state index in [2.05, 4.69) is 5.43 Å². The summed E-state index contributed by atoms with van der Waals surface area (Å²) in [5.74, 6) is -1.47. The third-order valence-corrected chi connectivity index (χ3v) is 4.23. The summed E-state index contributed by atoms with van der Waals surface area (Å²) >= 11 is 6.68. The van der Waals surface area contributed by atoms with Crippen LogP contribution in [-0.4, -0.2) is 16.4 Å². The van der Waals surface area contributed by atoms with Crippen molar-refractivity contribution < 1.29 is 22.8 Å². The van der Waals surface area contributed by atoms with Crippen molar-refractivity contribution in [2.24, 2.45) is 0 Å². The number of nitrogens with one attached hydrogen (secondary N) is 2. The summed E-state index contributed by atoms with van der Waals surface area (Å²) in [5, 5.41) is -0.666. The molecule has 134 valence electrons. The lowest BCUT2D eigenvalue weighted by atomic mass is 10.2. The first-order valence-electron chi connectivity index (χ1n) is 6.70. The molecule has 2 heterocycles. The lowest BCUT2D eigenvalue weighted by Gasteiger charge is -2.12. The average Bonchev–Trinajstić information content (AvgIpc) is 2.95. The fraction of sp³-hybridized carbons (Fsp3) is 0.214. The van der Waals surface area contributed by atoms with Gasteiger partial charge in [-0.15, -0.1) is 11.3 Å².